The van der Waals surface area contributed by atoms with E-state index in [1.165, 1.54) is 18.2 Å². The van der Waals surface area contributed by atoms with Crippen LogP contribution in [0.5, 0.6) is 0 Å². The number of nitrogens with zero attached hydrogens (tertiary/aromatic N) is 1. The Labute approximate surface area is 112 Å². The van der Waals surface area contributed by atoms with Gasteiger partial charge in [0.15, 0.2) is 0 Å². The molecule has 0 spiro atoms. The van der Waals surface area contributed by atoms with Crippen molar-refractivity contribution in [3.63, 3.8) is 0 Å². The zero-order valence-electron chi connectivity index (χ0n) is 8.86. The van der Waals surface area contributed by atoms with Gasteiger partial charge in [-0.3, -0.25) is 10.1 Å². The topological polar surface area (TPSA) is 43.1 Å². The average molecular weight is 286 g/mol. The molecule has 0 atom stereocenters. The zero-order valence-corrected chi connectivity index (χ0v) is 10.4. The molecule has 2 aromatic rings. The molecule has 0 radical (unpaired) electrons. The molecule has 0 saturated carbocycles. The third-order valence-corrected chi connectivity index (χ3v) is 2.77. The van der Waals surface area contributed by atoms with Crippen molar-refractivity contribution in [3.8, 4) is 11.1 Å². The van der Waals surface area contributed by atoms with E-state index in [0.29, 0.717) is 15.6 Å². The summed E-state index contributed by atoms with van der Waals surface area (Å²) in [6.45, 7) is 0. The fraction of sp³-hybridized carbons (Fsp3) is 0. The van der Waals surface area contributed by atoms with Gasteiger partial charge < -0.3 is 0 Å². The van der Waals surface area contributed by atoms with E-state index in [0.717, 1.165) is 18.2 Å². The minimum atomic E-state index is -0.588. The molecule has 0 fully saturated rings. The van der Waals surface area contributed by atoms with E-state index in [1.807, 2.05) is 0 Å². The Kier molecular flexibility index (Phi) is 3.50. The number of hydrogen-bond donors (Lipinski definition) is 0. The van der Waals surface area contributed by atoms with E-state index in [2.05, 4.69) is 0 Å². The highest BCUT2D eigenvalue weighted by atomic mass is 35.5. The van der Waals surface area contributed by atoms with Crippen molar-refractivity contribution in [1.82, 2.24) is 0 Å². The van der Waals surface area contributed by atoms with E-state index in [9.17, 15) is 14.5 Å². The van der Waals surface area contributed by atoms with Crippen molar-refractivity contribution in [2.24, 2.45) is 0 Å². The fourth-order valence-corrected chi connectivity index (χ4v) is 2.08. The maximum atomic E-state index is 13.7. The smallest absolute Gasteiger partial charge is 0.258 e. The van der Waals surface area contributed by atoms with Gasteiger partial charge in [0.05, 0.1) is 4.92 Å². The van der Waals surface area contributed by atoms with E-state index in [-0.39, 0.29) is 11.3 Å². The van der Waals surface area contributed by atoms with Crippen molar-refractivity contribution in [3.05, 3.63) is 62.4 Å². The maximum Gasteiger partial charge on any atom is 0.270 e. The highest BCUT2D eigenvalue weighted by molar-refractivity contribution is 6.35. The number of benzene rings is 2. The largest absolute Gasteiger partial charge is 0.270 e. The highest BCUT2D eigenvalue weighted by Gasteiger charge is 2.13. The molecule has 2 aromatic carbocycles. The van der Waals surface area contributed by atoms with E-state index < -0.39 is 10.7 Å². The van der Waals surface area contributed by atoms with Gasteiger partial charge in [0.25, 0.3) is 5.69 Å². The molecule has 18 heavy (non-hydrogen) atoms. The Morgan fingerprint density at radius 2 is 1.67 bits per heavy atom. The number of halogens is 3. The third-order valence-electron chi connectivity index (χ3n) is 2.33. The van der Waals surface area contributed by atoms with Crippen molar-refractivity contribution in [2.45, 2.75) is 0 Å². The van der Waals surface area contributed by atoms with Gasteiger partial charge in [0.1, 0.15) is 5.82 Å². The Morgan fingerprint density at radius 3 is 2.22 bits per heavy atom. The van der Waals surface area contributed by atoms with Crippen LogP contribution in [0.25, 0.3) is 11.1 Å². The molecule has 0 aromatic heterocycles. The second kappa shape index (κ2) is 4.92. The number of nitro groups is 1. The van der Waals surface area contributed by atoms with E-state index >= 15 is 0 Å². The second-order valence-corrected chi connectivity index (χ2v) is 4.45. The molecule has 0 unspecified atom stereocenters. The summed E-state index contributed by atoms with van der Waals surface area (Å²) in [6, 6.07) is 7.79. The first-order chi connectivity index (χ1) is 8.47. The SMILES string of the molecule is O=[N+]([O-])c1ccc(F)c(-c2cc(Cl)cc(Cl)c2)c1. The standard InChI is InChI=1S/C12H6Cl2FNO2/c13-8-3-7(4-9(14)5-8)11-6-10(16(17)18)1-2-12(11)15/h1-6H. The average Bonchev–Trinajstić information content (AvgIpc) is 2.27. The first kappa shape index (κ1) is 12.8. The lowest BCUT2D eigenvalue weighted by Gasteiger charge is -2.05. The predicted octanol–water partition coefficient (Wildman–Crippen LogP) is 4.71. The van der Waals surface area contributed by atoms with Crippen LogP contribution in [-0.4, -0.2) is 4.92 Å². The molecular formula is C12H6Cl2FNO2. The number of rotatable bonds is 2. The Morgan fingerprint density at radius 1 is 1.06 bits per heavy atom. The summed E-state index contributed by atoms with van der Waals surface area (Å²) in [7, 11) is 0. The van der Waals surface area contributed by atoms with Crippen molar-refractivity contribution >= 4 is 28.9 Å². The molecular weight excluding hydrogens is 280 g/mol. The maximum absolute atomic E-state index is 13.7. The minimum absolute atomic E-state index is 0.0913. The summed E-state index contributed by atoms with van der Waals surface area (Å²) >= 11 is 11.6. The monoisotopic (exact) mass is 285 g/mol. The minimum Gasteiger partial charge on any atom is -0.258 e. The molecule has 6 heteroatoms. The molecule has 0 bridgehead atoms. The lowest BCUT2D eigenvalue weighted by Crippen LogP contribution is -1.91. The van der Waals surface area contributed by atoms with Crippen LogP contribution in [0.1, 0.15) is 0 Å². The quantitative estimate of drug-likeness (QED) is 0.592. The van der Waals surface area contributed by atoms with Gasteiger partial charge in [0, 0.05) is 27.7 Å². The van der Waals surface area contributed by atoms with Crippen LogP contribution >= 0.6 is 23.2 Å². The molecule has 0 aliphatic carbocycles. The summed E-state index contributed by atoms with van der Waals surface area (Å²) in [6.07, 6.45) is 0. The first-order valence-corrected chi connectivity index (χ1v) is 5.63. The molecule has 0 amide bonds. The third kappa shape index (κ3) is 2.60. The molecule has 0 N–H and O–H groups in total. The van der Waals surface area contributed by atoms with Gasteiger partial charge in [-0.1, -0.05) is 23.2 Å². The zero-order chi connectivity index (χ0) is 13.3. The number of nitro benzene ring substituents is 1. The first-order valence-electron chi connectivity index (χ1n) is 4.88. The van der Waals surface area contributed by atoms with Gasteiger partial charge in [0.2, 0.25) is 0 Å². The summed E-state index contributed by atoms with van der Waals surface area (Å²) in [5.41, 5.74) is 0.296. The Balaban J connectivity index is 2.62. The molecule has 0 heterocycles. The van der Waals surface area contributed by atoms with Crippen LogP contribution < -0.4 is 0 Å². The molecule has 92 valence electrons. The lowest BCUT2D eigenvalue weighted by molar-refractivity contribution is -0.384. The fourth-order valence-electron chi connectivity index (χ4n) is 1.56. The lowest BCUT2D eigenvalue weighted by atomic mass is 10.0. The molecule has 3 nitrogen and oxygen atoms in total. The van der Waals surface area contributed by atoms with Gasteiger partial charge in [-0.15, -0.1) is 0 Å². The van der Waals surface area contributed by atoms with Crippen LogP contribution in [0.2, 0.25) is 10.0 Å². The van der Waals surface area contributed by atoms with Crippen LogP contribution in [0, 0.1) is 15.9 Å². The van der Waals surface area contributed by atoms with Crippen molar-refractivity contribution in [1.29, 1.82) is 0 Å². The highest BCUT2D eigenvalue weighted by Crippen LogP contribution is 2.31. The molecule has 2 rings (SSSR count). The predicted molar refractivity (Wildman–Crippen MR) is 68.5 cm³/mol. The molecule has 0 saturated heterocycles. The van der Waals surface area contributed by atoms with Gasteiger partial charge >= 0.3 is 0 Å². The van der Waals surface area contributed by atoms with Crippen LogP contribution in [0.4, 0.5) is 10.1 Å². The number of hydrogen-bond acceptors (Lipinski definition) is 2. The van der Waals surface area contributed by atoms with Crippen molar-refractivity contribution < 1.29 is 9.31 Å². The molecule has 0 aliphatic heterocycles. The second-order valence-electron chi connectivity index (χ2n) is 3.58. The van der Waals surface area contributed by atoms with Gasteiger partial charge in [-0.2, -0.15) is 0 Å². The van der Waals surface area contributed by atoms with E-state index in [4.69, 9.17) is 23.2 Å². The summed E-state index contributed by atoms with van der Waals surface area (Å²) in [4.78, 5) is 10.1. The Hall–Kier alpha value is -1.65. The summed E-state index contributed by atoms with van der Waals surface area (Å²) in [5.74, 6) is -0.570. The summed E-state index contributed by atoms with van der Waals surface area (Å²) < 4.78 is 13.7. The number of non-ortho nitro benzene ring substituents is 1. The van der Waals surface area contributed by atoms with Crippen molar-refractivity contribution in [2.75, 3.05) is 0 Å². The van der Waals surface area contributed by atoms with Crippen LogP contribution in [-0.2, 0) is 0 Å². The van der Waals surface area contributed by atoms with Crippen LogP contribution in [0.15, 0.2) is 36.4 Å². The van der Waals surface area contributed by atoms with Gasteiger partial charge in [-0.05, 0) is 29.8 Å². The normalized spacial score (nSPS) is 10.4. The van der Waals surface area contributed by atoms with E-state index in [1.54, 1.807) is 0 Å². The molecule has 0 aliphatic rings. The Bertz CT molecular complexity index is 611. The van der Waals surface area contributed by atoms with Crippen LogP contribution in [0.3, 0.4) is 0 Å². The summed E-state index contributed by atoms with van der Waals surface area (Å²) in [5, 5.41) is 11.3. The van der Waals surface area contributed by atoms with Gasteiger partial charge in [-0.25, -0.2) is 4.39 Å².